The smallest absolute Gasteiger partial charge is 0.321 e. The van der Waals surface area contributed by atoms with Crippen molar-refractivity contribution in [1.29, 1.82) is 0 Å². The lowest BCUT2D eigenvalue weighted by Gasteiger charge is -2.36. The van der Waals surface area contributed by atoms with Gasteiger partial charge in [0.15, 0.2) is 8.32 Å². The minimum absolute atomic E-state index is 0.163. The van der Waals surface area contributed by atoms with Gasteiger partial charge >= 0.3 is 5.97 Å². The van der Waals surface area contributed by atoms with E-state index in [1.165, 1.54) is 7.11 Å². The number of methoxy groups -OCH3 is 1. The molecular formula is C10H21BrO3Si. The van der Waals surface area contributed by atoms with Crippen LogP contribution >= 0.6 is 15.9 Å². The average molecular weight is 297 g/mol. The summed E-state index contributed by atoms with van der Waals surface area (Å²) >= 11 is 3.25. The number of hydrogen-bond acceptors (Lipinski definition) is 3. The molecule has 0 N–H and O–H groups in total. The Morgan fingerprint density at radius 3 is 2.20 bits per heavy atom. The minimum Gasteiger partial charge on any atom is -0.468 e. The second-order valence-corrected chi connectivity index (χ2v) is 11.0. The molecule has 0 aliphatic heterocycles. The van der Waals surface area contributed by atoms with Gasteiger partial charge in [0.25, 0.3) is 0 Å². The Balaban J connectivity index is 4.22. The summed E-state index contributed by atoms with van der Waals surface area (Å²) in [5.74, 6) is -0.284. The third-order valence-electron chi connectivity index (χ3n) is 2.85. The quantitative estimate of drug-likeness (QED) is 0.455. The number of carbonyl (C=O) groups excluding carboxylic acids is 1. The first-order chi connectivity index (χ1) is 6.62. The molecule has 1 atom stereocenters. The van der Waals surface area contributed by atoms with Gasteiger partial charge in [0.05, 0.1) is 13.7 Å². The molecule has 0 aliphatic rings. The minimum atomic E-state index is -1.76. The van der Waals surface area contributed by atoms with Gasteiger partial charge in [-0.25, -0.2) is 0 Å². The number of halogens is 1. The molecule has 5 heteroatoms. The van der Waals surface area contributed by atoms with E-state index in [0.29, 0.717) is 6.61 Å². The molecule has 0 aromatic rings. The van der Waals surface area contributed by atoms with E-state index in [0.717, 1.165) is 0 Å². The zero-order chi connectivity index (χ0) is 12.3. The molecule has 0 aromatic heterocycles. The van der Waals surface area contributed by atoms with E-state index < -0.39 is 8.32 Å². The van der Waals surface area contributed by atoms with Crippen molar-refractivity contribution in [3.63, 3.8) is 0 Å². The monoisotopic (exact) mass is 296 g/mol. The average Bonchev–Trinajstić information content (AvgIpc) is 2.11. The summed E-state index contributed by atoms with van der Waals surface area (Å²) in [5.41, 5.74) is 0. The molecule has 0 bridgehead atoms. The maximum absolute atomic E-state index is 11.1. The first-order valence-electron chi connectivity index (χ1n) is 4.97. The fourth-order valence-corrected chi connectivity index (χ4v) is 2.27. The summed E-state index contributed by atoms with van der Waals surface area (Å²) in [6.45, 7) is 11.2. The number of rotatable bonds is 4. The molecule has 1 unspecified atom stereocenters. The van der Waals surface area contributed by atoms with Gasteiger partial charge in [-0.1, -0.05) is 36.7 Å². The van der Waals surface area contributed by atoms with Crippen molar-refractivity contribution in [2.45, 2.75) is 43.7 Å². The lowest BCUT2D eigenvalue weighted by atomic mass is 10.2. The van der Waals surface area contributed by atoms with Crippen LogP contribution in [0, 0.1) is 0 Å². The lowest BCUT2D eigenvalue weighted by Crippen LogP contribution is -2.43. The maximum atomic E-state index is 11.1. The highest BCUT2D eigenvalue weighted by Crippen LogP contribution is 2.36. The molecule has 0 aromatic carbocycles. The fraction of sp³-hybridized carbons (Fsp3) is 0.900. The van der Waals surface area contributed by atoms with Crippen LogP contribution in [-0.4, -0.2) is 32.8 Å². The molecule has 0 amide bonds. The van der Waals surface area contributed by atoms with Gasteiger partial charge in [0.2, 0.25) is 0 Å². The Morgan fingerprint density at radius 1 is 1.40 bits per heavy atom. The molecular weight excluding hydrogens is 276 g/mol. The second-order valence-electron chi connectivity index (χ2n) is 5.06. The zero-order valence-electron chi connectivity index (χ0n) is 10.4. The summed E-state index contributed by atoms with van der Waals surface area (Å²) < 4.78 is 10.5. The Morgan fingerprint density at radius 2 is 1.87 bits per heavy atom. The third-order valence-corrected chi connectivity index (χ3v) is 7.99. The van der Waals surface area contributed by atoms with E-state index >= 15 is 0 Å². The molecule has 0 rings (SSSR count). The second kappa shape index (κ2) is 5.45. The van der Waals surface area contributed by atoms with Crippen LogP contribution in [0.15, 0.2) is 0 Å². The molecule has 0 heterocycles. The van der Waals surface area contributed by atoms with Crippen molar-refractivity contribution < 1.29 is 14.0 Å². The van der Waals surface area contributed by atoms with Crippen LogP contribution in [0.3, 0.4) is 0 Å². The lowest BCUT2D eigenvalue weighted by molar-refractivity contribution is -0.140. The van der Waals surface area contributed by atoms with E-state index in [1.807, 2.05) is 0 Å². The predicted molar refractivity (Wildman–Crippen MR) is 67.9 cm³/mol. The fourth-order valence-electron chi connectivity index (χ4n) is 0.694. The van der Waals surface area contributed by atoms with Crippen LogP contribution in [0.25, 0.3) is 0 Å². The predicted octanol–water partition coefficient (Wildman–Crippen LogP) is 2.94. The van der Waals surface area contributed by atoms with Crippen LogP contribution in [0.5, 0.6) is 0 Å². The van der Waals surface area contributed by atoms with E-state index in [9.17, 15) is 4.79 Å². The van der Waals surface area contributed by atoms with Crippen LogP contribution in [0.1, 0.15) is 20.8 Å². The van der Waals surface area contributed by atoms with Gasteiger partial charge in [-0.3, -0.25) is 4.79 Å². The van der Waals surface area contributed by atoms with Gasteiger partial charge in [-0.2, -0.15) is 0 Å². The van der Waals surface area contributed by atoms with Crippen molar-refractivity contribution in [3.05, 3.63) is 0 Å². The largest absolute Gasteiger partial charge is 0.468 e. The summed E-state index contributed by atoms with van der Waals surface area (Å²) in [6, 6.07) is 0. The topological polar surface area (TPSA) is 35.5 Å². The molecule has 0 aliphatic carbocycles. The molecule has 0 radical (unpaired) electrons. The number of hydrogen-bond donors (Lipinski definition) is 0. The van der Waals surface area contributed by atoms with Crippen LogP contribution in [-0.2, 0) is 14.0 Å². The van der Waals surface area contributed by atoms with Crippen LogP contribution < -0.4 is 0 Å². The van der Waals surface area contributed by atoms with Crippen LogP contribution in [0.4, 0.5) is 0 Å². The van der Waals surface area contributed by atoms with Crippen molar-refractivity contribution >= 4 is 30.2 Å². The van der Waals surface area contributed by atoms with E-state index in [1.54, 1.807) is 0 Å². The highest BCUT2D eigenvalue weighted by atomic mass is 79.9. The Kier molecular flexibility index (Phi) is 5.50. The Hall–Kier alpha value is 0.127. The van der Waals surface area contributed by atoms with E-state index in [-0.39, 0.29) is 15.8 Å². The van der Waals surface area contributed by atoms with Crippen LogP contribution in [0.2, 0.25) is 18.1 Å². The summed E-state index contributed by atoms with van der Waals surface area (Å²) in [4.78, 5) is 10.8. The van der Waals surface area contributed by atoms with Gasteiger partial charge in [0.1, 0.15) is 4.83 Å². The molecule has 3 nitrogen and oxygen atoms in total. The molecule has 0 fully saturated rings. The third kappa shape index (κ3) is 4.65. The van der Waals surface area contributed by atoms with Gasteiger partial charge in [-0.15, -0.1) is 0 Å². The van der Waals surface area contributed by atoms with Gasteiger partial charge < -0.3 is 9.16 Å². The molecule has 90 valence electrons. The number of esters is 1. The van der Waals surface area contributed by atoms with Crippen molar-refractivity contribution in [2.24, 2.45) is 0 Å². The van der Waals surface area contributed by atoms with Crippen molar-refractivity contribution in [1.82, 2.24) is 0 Å². The molecule has 0 spiro atoms. The summed E-state index contributed by atoms with van der Waals surface area (Å²) in [7, 11) is -0.386. The first kappa shape index (κ1) is 15.1. The Labute approximate surface area is 102 Å². The van der Waals surface area contributed by atoms with Crippen molar-refractivity contribution in [2.75, 3.05) is 13.7 Å². The number of ether oxygens (including phenoxy) is 1. The number of carbonyl (C=O) groups is 1. The maximum Gasteiger partial charge on any atom is 0.321 e. The summed E-state index contributed by atoms with van der Waals surface area (Å²) in [5, 5.41) is 0.163. The zero-order valence-corrected chi connectivity index (χ0v) is 13.0. The van der Waals surface area contributed by atoms with Gasteiger partial charge in [-0.05, 0) is 18.1 Å². The molecule has 0 saturated carbocycles. The van der Waals surface area contributed by atoms with E-state index in [2.05, 4.69) is 54.5 Å². The van der Waals surface area contributed by atoms with Crippen molar-refractivity contribution in [3.8, 4) is 0 Å². The normalized spacial score (nSPS) is 14.9. The molecule has 15 heavy (non-hydrogen) atoms. The highest BCUT2D eigenvalue weighted by Gasteiger charge is 2.37. The SMILES string of the molecule is COC(=O)C(Br)CO[Si](C)(C)C(C)(C)C. The summed E-state index contributed by atoms with van der Waals surface area (Å²) in [6.07, 6.45) is 0. The highest BCUT2D eigenvalue weighted by molar-refractivity contribution is 9.10. The standard InChI is InChI=1S/C10H21BrO3Si/c1-10(2,3)15(5,6)14-7-8(11)9(12)13-4/h8H,7H2,1-6H3. The first-order valence-corrected chi connectivity index (χ1v) is 8.80. The Bertz CT molecular complexity index is 223. The molecule has 0 saturated heterocycles. The van der Waals surface area contributed by atoms with E-state index in [4.69, 9.17) is 4.43 Å². The number of alkyl halides is 1. The van der Waals surface area contributed by atoms with Gasteiger partial charge in [0, 0.05) is 0 Å².